The van der Waals surface area contributed by atoms with E-state index in [9.17, 15) is 4.79 Å². The number of anilines is 1. The summed E-state index contributed by atoms with van der Waals surface area (Å²) in [4.78, 5) is 12.2. The Labute approximate surface area is 166 Å². The van der Waals surface area contributed by atoms with Gasteiger partial charge in [-0.05, 0) is 59.2 Å². The average molecular weight is 493 g/mol. The van der Waals surface area contributed by atoms with Crippen LogP contribution in [0.3, 0.4) is 0 Å². The molecule has 5 N–H and O–H groups in total. The highest BCUT2D eigenvalue weighted by Gasteiger charge is 2.29. The number of carbonyl (C=O) groups excluding carboxylic acids is 1. The molecule has 1 aliphatic rings. The van der Waals surface area contributed by atoms with Crippen LogP contribution in [0.5, 0.6) is 0 Å². The number of dihydropyridines is 1. The van der Waals surface area contributed by atoms with Gasteiger partial charge in [-0.3, -0.25) is 0 Å². The predicted molar refractivity (Wildman–Crippen MR) is 113 cm³/mol. The van der Waals surface area contributed by atoms with Crippen LogP contribution in [0.4, 0.5) is 5.69 Å². The molecule has 9 heteroatoms. The maximum absolute atomic E-state index is 12.2. The summed E-state index contributed by atoms with van der Waals surface area (Å²) < 4.78 is 5.07. The first-order chi connectivity index (χ1) is 11.9. The minimum Gasteiger partial charge on any atom is -0.462 e. The second kappa shape index (κ2) is 8.87. The first kappa shape index (κ1) is 20.0. The first-order valence-electron chi connectivity index (χ1n) is 7.50. The Morgan fingerprint density at radius 3 is 2.92 bits per heavy atom. The molecule has 134 valence electrons. The topological polar surface area (TPSA) is 100 Å². The fraction of sp³-hybridized carbons (Fsp3) is 0.250. The number of benzene rings is 1. The fourth-order valence-electron chi connectivity index (χ4n) is 2.68. The molecule has 0 aliphatic carbocycles. The molecule has 0 amide bonds. The molecule has 2 unspecified atom stereocenters. The van der Waals surface area contributed by atoms with Gasteiger partial charge in [0.15, 0.2) is 0 Å². The quantitative estimate of drug-likeness (QED) is 0.159. The Balaban J connectivity index is 2.61. The zero-order valence-corrected chi connectivity index (χ0v) is 17.7. The smallest absolute Gasteiger partial charge is 0.340 e. The van der Waals surface area contributed by atoms with Crippen molar-refractivity contribution in [1.29, 1.82) is 5.41 Å². The molecule has 0 radical (unpaired) electrons. The minimum absolute atomic E-state index is 0.236. The zero-order chi connectivity index (χ0) is 18.6. The second-order valence-electron chi connectivity index (χ2n) is 5.28. The highest BCUT2D eigenvalue weighted by atomic mass is 127. The first-order valence-corrected chi connectivity index (χ1v) is 12.0. The molecule has 6 nitrogen and oxygen atoms in total. The van der Waals surface area contributed by atoms with Crippen LogP contribution in [-0.2, 0) is 9.53 Å². The summed E-state index contributed by atoms with van der Waals surface area (Å²) in [6.07, 6.45) is 3.21. The highest BCUT2D eigenvalue weighted by molar-refractivity contribution is 14.2. The van der Waals surface area contributed by atoms with E-state index in [2.05, 4.69) is 32.4 Å². The third-order valence-electron chi connectivity index (χ3n) is 3.79. The van der Waals surface area contributed by atoms with Crippen LogP contribution in [0.1, 0.15) is 29.7 Å². The molecular weight excluding hydrogens is 474 g/mol. The normalized spacial score (nSPS) is 17.3. The standard InChI is InChI=1S/C16H19ClIN4O2P/c1-3-24-16(23)9-6-12(17)21-15(14(9)20)13-8(2)4-5-11(22-25-18)10(13)7-19/h4-7,15,19,21-22,25H,3,20H2,1-2H3. The largest absolute Gasteiger partial charge is 0.462 e. The van der Waals surface area contributed by atoms with Crippen LogP contribution in [0.15, 0.2) is 34.6 Å². The van der Waals surface area contributed by atoms with E-state index in [1.165, 1.54) is 12.3 Å². The van der Waals surface area contributed by atoms with Gasteiger partial charge < -0.3 is 26.3 Å². The lowest BCUT2D eigenvalue weighted by molar-refractivity contribution is -0.138. The lowest BCUT2D eigenvalue weighted by Gasteiger charge is -2.29. The van der Waals surface area contributed by atoms with Crippen molar-refractivity contribution in [3.63, 3.8) is 0 Å². The van der Waals surface area contributed by atoms with Gasteiger partial charge in [0.1, 0.15) is 5.16 Å². The number of halogens is 2. The van der Waals surface area contributed by atoms with Crippen molar-refractivity contribution >= 4 is 57.9 Å². The maximum atomic E-state index is 12.2. The molecular formula is C16H19ClIN4O2P. The predicted octanol–water partition coefficient (Wildman–Crippen LogP) is 3.85. The van der Waals surface area contributed by atoms with E-state index in [-0.39, 0.29) is 12.2 Å². The average Bonchev–Trinajstić information content (AvgIpc) is 2.58. The number of carbonyl (C=O) groups is 1. The number of esters is 1. The third kappa shape index (κ3) is 4.27. The zero-order valence-electron chi connectivity index (χ0n) is 13.7. The van der Waals surface area contributed by atoms with Gasteiger partial charge in [-0.15, -0.1) is 0 Å². The van der Waals surface area contributed by atoms with Crippen molar-refractivity contribution in [1.82, 2.24) is 5.32 Å². The van der Waals surface area contributed by atoms with E-state index in [1.807, 2.05) is 19.1 Å². The Morgan fingerprint density at radius 2 is 2.32 bits per heavy atom. The minimum atomic E-state index is -0.521. The fourth-order valence-corrected chi connectivity index (χ4v) is 4.09. The summed E-state index contributed by atoms with van der Waals surface area (Å²) in [7, 11) is 0. The molecule has 0 spiro atoms. The molecule has 1 heterocycles. The van der Waals surface area contributed by atoms with Crippen LogP contribution < -0.4 is 16.1 Å². The van der Waals surface area contributed by atoms with E-state index >= 15 is 0 Å². The second-order valence-corrected chi connectivity index (χ2v) is 7.74. The summed E-state index contributed by atoms with van der Waals surface area (Å²) in [5.41, 5.74) is 10.1. The van der Waals surface area contributed by atoms with Crippen molar-refractivity contribution in [3.05, 3.63) is 51.3 Å². The number of nitrogens with two attached hydrogens (primary N) is 1. The maximum Gasteiger partial charge on any atom is 0.340 e. The van der Waals surface area contributed by atoms with E-state index in [4.69, 9.17) is 27.5 Å². The van der Waals surface area contributed by atoms with Gasteiger partial charge in [0.2, 0.25) is 0 Å². The molecule has 0 aromatic heterocycles. The van der Waals surface area contributed by atoms with Gasteiger partial charge in [-0.25, -0.2) is 4.79 Å². The van der Waals surface area contributed by atoms with Crippen molar-refractivity contribution in [2.24, 2.45) is 5.73 Å². The molecule has 1 aromatic carbocycles. The summed E-state index contributed by atoms with van der Waals surface area (Å²) >= 11 is 8.42. The van der Waals surface area contributed by atoms with Crippen LogP contribution >= 0.6 is 40.0 Å². The van der Waals surface area contributed by atoms with Crippen molar-refractivity contribution in [2.75, 3.05) is 11.7 Å². The van der Waals surface area contributed by atoms with Gasteiger partial charge >= 0.3 is 5.97 Å². The van der Waals surface area contributed by atoms with Crippen LogP contribution in [0, 0.1) is 12.3 Å². The van der Waals surface area contributed by atoms with E-state index in [0.29, 0.717) is 22.8 Å². The van der Waals surface area contributed by atoms with Gasteiger partial charge in [0.05, 0.1) is 23.9 Å². The molecule has 0 saturated carbocycles. The molecule has 1 aliphatic heterocycles. The van der Waals surface area contributed by atoms with E-state index < -0.39 is 12.0 Å². The number of aryl methyl sites for hydroxylation is 1. The molecule has 2 atom stereocenters. The number of ether oxygens (including phenoxy) is 1. The lowest BCUT2D eigenvalue weighted by atomic mass is 9.90. The van der Waals surface area contributed by atoms with Gasteiger partial charge in [0, 0.05) is 23.8 Å². The summed E-state index contributed by atoms with van der Waals surface area (Å²) in [5.74, 6) is -0.512. The van der Waals surface area contributed by atoms with Gasteiger partial charge in [0.25, 0.3) is 0 Å². The summed E-state index contributed by atoms with van der Waals surface area (Å²) in [6, 6.07) is 3.36. The number of rotatable bonds is 6. The molecule has 2 rings (SSSR count). The summed E-state index contributed by atoms with van der Waals surface area (Å²) in [6.45, 7) is 3.92. The molecule has 25 heavy (non-hydrogen) atoms. The van der Waals surface area contributed by atoms with Gasteiger partial charge in [-0.2, -0.15) is 0 Å². The van der Waals surface area contributed by atoms with Crippen molar-refractivity contribution in [3.8, 4) is 0 Å². The van der Waals surface area contributed by atoms with E-state index in [1.54, 1.807) is 6.92 Å². The van der Waals surface area contributed by atoms with E-state index in [0.717, 1.165) is 16.8 Å². The summed E-state index contributed by atoms with van der Waals surface area (Å²) in [5, 5.41) is 14.5. The monoisotopic (exact) mass is 492 g/mol. The molecule has 0 saturated heterocycles. The number of nitrogens with one attached hydrogen (secondary N) is 3. The molecule has 0 fully saturated rings. The number of hydrogen-bond acceptors (Lipinski definition) is 6. The van der Waals surface area contributed by atoms with Crippen LogP contribution in [0.2, 0.25) is 0 Å². The lowest BCUT2D eigenvalue weighted by Crippen LogP contribution is -2.32. The SMILES string of the molecule is CCOC(=O)C1=C(N)C(c2c(C)ccc(NPI)c2C=N)NC(Cl)=C1. The van der Waals surface area contributed by atoms with Crippen molar-refractivity contribution < 1.29 is 9.53 Å². The van der Waals surface area contributed by atoms with Crippen LogP contribution in [0.25, 0.3) is 0 Å². The Kier molecular flexibility index (Phi) is 7.10. The Bertz CT molecular complexity index is 767. The molecule has 0 bridgehead atoms. The highest BCUT2D eigenvalue weighted by Crippen LogP contribution is 2.36. The van der Waals surface area contributed by atoms with Crippen molar-refractivity contribution in [2.45, 2.75) is 19.9 Å². The molecule has 1 aromatic rings. The number of hydrogen-bond donors (Lipinski definition) is 4. The van der Waals surface area contributed by atoms with Crippen LogP contribution in [-0.4, -0.2) is 18.8 Å². The Hall–Kier alpha value is -1.31. The Morgan fingerprint density at radius 1 is 1.60 bits per heavy atom. The van der Waals surface area contributed by atoms with Gasteiger partial charge in [-0.1, -0.05) is 17.7 Å². The third-order valence-corrected chi connectivity index (χ3v) is 5.18.